The molecule has 33 heavy (non-hydrogen) atoms. The lowest BCUT2D eigenvalue weighted by molar-refractivity contribution is 0.0177. The van der Waals surface area contributed by atoms with Gasteiger partial charge in [-0.05, 0) is 83.2 Å². The maximum absolute atomic E-state index is 12.2. The van der Waals surface area contributed by atoms with Crippen LogP contribution in [0.3, 0.4) is 0 Å². The molecule has 2 heterocycles. The molecule has 3 rings (SSSR count). The zero-order valence-corrected chi connectivity index (χ0v) is 20.9. The quantitative estimate of drug-likeness (QED) is 0.669. The summed E-state index contributed by atoms with van der Waals surface area (Å²) in [6.07, 6.45) is 4.10. The average Bonchev–Trinajstić information content (AvgIpc) is 2.81. The van der Waals surface area contributed by atoms with Crippen LogP contribution in [0.15, 0.2) is 24.3 Å². The topological polar surface area (TPSA) is 65.1 Å². The molecule has 0 atom stereocenters. The number of hydrogen-bond donors (Lipinski definition) is 1. The number of benzene rings is 1. The monoisotopic (exact) mass is 458 g/mol. The van der Waals surface area contributed by atoms with Crippen molar-refractivity contribution in [3.05, 3.63) is 29.8 Å². The van der Waals surface area contributed by atoms with Gasteiger partial charge in [-0.25, -0.2) is 4.79 Å². The van der Waals surface area contributed by atoms with Crippen molar-refractivity contribution in [3.8, 4) is 0 Å². The smallest absolute Gasteiger partial charge is 0.410 e. The van der Waals surface area contributed by atoms with Crippen LogP contribution in [-0.2, 0) is 4.74 Å². The second-order valence-electron chi connectivity index (χ2n) is 10.3. The Morgan fingerprint density at radius 3 is 2.21 bits per heavy atom. The predicted octanol–water partition coefficient (Wildman–Crippen LogP) is 3.99. The summed E-state index contributed by atoms with van der Waals surface area (Å²) in [4.78, 5) is 31.1. The van der Waals surface area contributed by atoms with E-state index in [0.29, 0.717) is 12.5 Å². The third kappa shape index (κ3) is 7.91. The van der Waals surface area contributed by atoms with Crippen molar-refractivity contribution in [1.29, 1.82) is 0 Å². The normalized spacial score (nSPS) is 18.3. The molecule has 0 aliphatic carbocycles. The standard InChI is InChI=1S/C26H42N4O3/c1-5-13-27-24(31)22-6-8-23(9-7-22)29-19-17-28(18-20-29)14-10-21-11-15-30(16-12-21)25(32)33-26(2,3)4/h6-9,21H,5,10-20H2,1-4H3,(H,27,31). The summed E-state index contributed by atoms with van der Waals surface area (Å²) in [5.74, 6) is 0.693. The summed E-state index contributed by atoms with van der Waals surface area (Å²) < 4.78 is 5.50. The molecule has 7 nitrogen and oxygen atoms in total. The predicted molar refractivity (Wildman–Crippen MR) is 133 cm³/mol. The van der Waals surface area contributed by atoms with Crippen molar-refractivity contribution in [2.45, 2.75) is 59.0 Å². The van der Waals surface area contributed by atoms with Gasteiger partial charge >= 0.3 is 6.09 Å². The first-order valence-electron chi connectivity index (χ1n) is 12.6. The first-order chi connectivity index (χ1) is 15.7. The van der Waals surface area contributed by atoms with Gasteiger partial charge in [-0.1, -0.05) is 6.92 Å². The van der Waals surface area contributed by atoms with Crippen LogP contribution >= 0.6 is 0 Å². The van der Waals surface area contributed by atoms with Gasteiger partial charge in [-0.2, -0.15) is 0 Å². The molecular weight excluding hydrogens is 416 g/mol. The molecule has 0 aromatic heterocycles. The van der Waals surface area contributed by atoms with E-state index in [2.05, 4.69) is 34.2 Å². The van der Waals surface area contributed by atoms with Crippen LogP contribution in [0.5, 0.6) is 0 Å². The van der Waals surface area contributed by atoms with E-state index in [4.69, 9.17) is 4.74 Å². The van der Waals surface area contributed by atoms with E-state index in [1.807, 2.05) is 37.8 Å². The van der Waals surface area contributed by atoms with Gasteiger partial charge in [0.05, 0.1) is 0 Å². The number of ether oxygens (including phenoxy) is 1. The van der Waals surface area contributed by atoms with Crippen molar-refractivity contribution < 1.29 is 14.3 Å². The summed E-state index contributed by atoms with van der Waals surface area (Å²) in [5.41, 5.74) is 1.49. The summed E-state index contributed by atoms with van der Waals surface area (Å²) in [7, 11) is 0. The largest absolute Gasteiger partial charge is 0.444 e. The number of nitrogens with one attached hydrogen (secondary N) is 1. The molecule has 7 heteroatoms. The fraction of sp³-hybridized carbons (Fsp3) is 0.692. The molecule has 2 fully saturated rings. The Morgan fingerprint density at radius 2 is 1.64 bits per heavy atom. The molecule has 1 N–H and O–H groups in total. The third-order valence-electron chi connectivity index (χ3n) is 6.52. The minimum Gasteiger partial charge on any atom is -0.444 e. The first kappa shape index (κ1) is 25.3. The third-order valence-corrected chi connectivity index (χ3v) is 6.52. The van der Waals surface area contributed by atoms with Gasteiger partial charge < -0.3 is 19.9 Å². The number of hydrogen-bond acceptors (Lipinski definition) is 5. The van der Waals surface area contributed by atoms with E-state index in [1.165, 1.54) is 12.1 Å². The summed E-state index contributed by atoms with van der Waals surface area (Å²) in [6, 6.07) is 7.98. The zero-order chi connectivity index (χ0) is 23.8. The number of rotatable bonds is 7. The second kappa shape index (κ2) is 11.7. The fourth-order valence-corrected chi connectivity index (χ4v) is 4.49. The van der Waals surface area contributed by atoms with E-state index in [-0.39, 0.29) is 12.0 Å². The van der Waals surface area contributed by atoms with Crippen molar-refractivity contribution in [2.24, 2.45) is 5.92 Å². The van der Waals surface area contributed by atoms with Gasteiger partial charge in [0.25, 0.3) is 5.91 Å². The van der Waals surface area contributed by atoms with E-state index in [0.717, 1.165) is 70.6 Å². The lowest BCUT2D eigenvalue weighted by atomic mass is 9.93. The molecular formula is C26H42N4O3. The summed E-state index contributed by atoms with van der Waals surface area (Å²) >= 11 is 0. The maximum atomic E-state index is 12.2. The molecule has 1 aromatic carbocycles. The van der Waals surface area contributed by atoms with Gasteiger partial charge in [0.2, 0.25) is 0 Å². The summed E-state index contributed by atoms with van der Waals surface area (Å²) in [5, 5.41) is 2.93. The first-order valence-corrected chi connectivity index (χ1v) is 12.6. The fourth-order valence-electron chi connectivity index (χ4n) is 4.49. The van der Waals surface area contributed by atoms with E-state index in [9.17, 15) is 9.59 Å². The molecule has 0 unspecified atom stereocenters. The van der Waals surface area contributed by atoms with Crippen LogP contribution in [-0.4, -0.2) is 79.8 Å². The number of likely N-dealkylation sites (tertiary alicyclic amines) is 1. The number of amides is 2. The lowest BCUT2D eigenvalue weighted by Gasteiger charge is -2.38. The number of carbonyl (C=O) groups is 2. The highest BCUT2D eigenvalue weighted by Crippen LogP contribution is 2.23. The van der Waals surface area contributed by atoms with Gasteiger partial charge in [0.1, 0.15) is 5.60 Å². The molecule has 184 valence electrons. The molecule has 1 aromatic rings. The lowest BCUT2D eigenvalue weighted by Crippen LogP contribution is -2.47. The minimum absolute atomic E-state index is 0.00477. The van der Waals surface area contributed by atoms with E-state index < -0.39 is 5.60 Å². The number of piperazine rings is 1. The molecule has 2 aliphatic rings. The number of carbonyl (C=O) groups excluding carboxylic acids is 2. The molecule has 0 spiro atoms. The van der Waals surface area contributed by atoms with Crippen LogP contribution in [0.4, 0.5) is 10.5 Å². The van der Waals surface area contributed by atoms with Crippen molar-refractivity contribution in [1.82, 2.24) is 15.1 Å². The van der Waals surface area contributed by atoms with Crippen LogP contribution in [0.2, 0.25) is 0 Å². The Kier molecular flexibility index (Phi) is 9.01. The van der Waals surface area contributed by atoms with Crippen LogP contribution in [0.1, 0.15) is 63.7 Å². The summed E-state index contributed by atoms with van der Waals surface area (Å²) in [6.45, 7) is 15.4. The Balaban J connectivity index is 1.35. The number of anilines is 1. The number of nitrogens with zero attached hydrogens (tertiary/aromatic N) is 3. The van der Waals surface area contributed by atoms with Crippen molar-refractivity contribution in [2.75, 3.05) is 57.3 Å². The van der Waals surface area contributed by atoms with Gasteiger partial charge in [-0.3, -0.25) is 9.69 Å². The Bertz CT molecular complexity index is 759. The van der Waals surface area contributed by atoms with Crippen molar-refractivity contribution in [3.63, 3.8) is 0 Å². The molecule has 2 amide bonds. The zero-order valence-electron chi connectivity index (χ0n) is 20.9. The Hall–Kier alpha value is -2.28. The van der Waals surface area contributed by atoms with Gasteiger partial charge in [-0.15, -0.1) is 0 Å². The maximum Gasteiger partial charge on any atom is 0.410 e. The van der Waals surface area contributed by atoms with E-state index >= 15 is 0 Å². The molecule has 0 bridgehead atoms. The van der Waals surface area contributed by atoms with Gasteiger partial charge in [0, 0.05) is 57.1 Å². The highest BCUT2D eigenvalue weighted by Gasteiger charge is 2.27. The minimum atomic E-state index is -0.429. The van der Waals surface area contributed by atoms with Crippen LogP contribution in [0.25, 0.3) is 0 Å². The molecule has 2 saturated heterocycles. The molecule has 2 aliphatic heterocycles. The molecule has 0 saturated carbocycles. The Morgan fingerprint density at radius 1 is 1.00 bits per heavy atom. The second-order valence-corrected chi connectivity index (χ2v) is 10.3. The van der Waals surface area contributed by atoms with Gasteiger partial charge in [0.15, 0.2) is 0 Å². The van der Waals surface area contributed by atoms with Crippen LogP contribution < -0.4 is 10.2 Å². The number of piperidine rings is 1. The Labute approximate surface area is 199 Å². The SMILES string of the molecule is CCCNC(=O)c1ccc(N2CCN(CCC3CCN(C(=O)OC(C)(C)C)CC3)CC2)cc1. The highest BCUT2D eigenvalue weighted by atomic mass is 16.6. The molecule has 0 radical (unpaired) electrons. The van der Waals surface area contributed by atoms with Crippen LogP contribution in [0, 0.1) is 5.92 Å². The highest BCUT2D eigenvalue weighted by molar-refractivity contribution is 5.94. The average molecular weight is 459 g/mol. The van der Waals surface area contributed by atoms with Crippen molar-refractivity contribution >= 4 is 17.7 Å². The van der Waals surface area contributed by atoms with E-state index in [1.54, 1.807) is 0 Å².